The number of benzene rings is 2. The van der Waals surface area contributed by atoms with Crippen LogP contribution in [0.15, 0.2) is 42.5 Å². The lowest BCUT2D eigenvalue weighted by Crippen LogP contribution is -2.50. The number of fused-ring (bicyclic) bond motifs is 1. The molecule has 2 atom stereocenters. The molecule has 2 aliphatic rings. The number of rotatable bonds is 3. The molecule has 0 radical (unpaired) electrons. The van der Waals surface area contributed by atoms with Crippen LogP contribution in [0.4, 0.5) is 13.2 Å². The molecule has 0 bridgehead atoms. The quantitative estimate of drug-likeness (QED) is 0.776. The van der Waals surface area contributed by atoms with Crippen LogP contribution in [0, 0.1) is 11.8 Å². The fraction of sp³-hybridized carbons (Fsp3) is 0.500. The Balaban J connectivity index is 1.40. The van der Waals surface area contributed by atoms with Crippen LogP contribution in [0.1, 0.15) is 36.0 Å². The molecule has 1 N–H and O–H groups in total. The zero-order valence-corrected chi connectivity index (χ0v) is 17.7. The summed E-state index contributed by atoms with van der Waals surface area (Å²) < 4.78 is 38.3. The van der Waals surface area contributed by atoms with Crippen molar-refractivity contribution in [3.8, 4) is 0 Å². The summed E-state index contributed by atoms with van der Waals surface area (Å²) in [6.45, 7) is 1.28. The van der Waals surface area contributed by atoms with Crippen LogP contribution >= 0.6 is 0 Å². The van der Waals surface area contributed by atoms with E-state index < -0.39 is 18.2 Å². The fourth-order valence-corrected chi connectivity index (χ4v) is 4.91. The van der Waals surface area contributed by atoms with Gasteiger partial charge in [0.15, 0.2) is 6.10 Å². The van der Waals surface area contributed by atoms with Crippen molar-refractivity contribution in [2.75, 3.05) is 26.2 Å². The van der Waals surface area contributed by atoms with Crippen molar-refractivity contribution < 1.29 is 27.9 Å². The lowest BCUT2D eigenvalue weighted by Gasteiger charge is -2.39. The maximum atomic E-state index is 13.2. The van der Waals surface area contributed by atoms with Gasteiger partial charge < -0.3 is 14.9 Å². The van der Waals surface area contributed by atoms with Crippen LogP contribution < -0.4 is 0 Å². The smallest absolute Gasteiger partial charge is 0.383 e. The van der Waals surface area contributed by atoms with Crippen LogP contribution in [0.3, 0.4) is 0 Å². The van der Waals surface area contributed by atoms with Crippen LogP contribution in [0.2, 0.25) is 0 Å². The highest BCUT2D eigenvalue weighted by Gasteiger charge is 2.45. The summed E-state index contributed by atoms with van der Waals surface area (Å²) in [5.74, 6) is -1.45. The van der Waals surface area contributed by atoms with Crippen molar-refractivity contribution in [2.24, 2.45) is 11.8 Å². The van der Waals surface area contributed by atoms with Crippen molar-refractivity contribution in [1.82, 2.24) is 9.80 Å². The number of hydrogen-bond acceptors (Lipinski definition) is 3. The molecule has 0 aliphatic carbocycles. The molecule has 0 saturated carbocycles. The largest absolute Gasteiger partial charge is 0.414 e. The standard InChI is InChI=1S/C24H27F3N2O3/c25-24(26,27)21(30)17-10-13-28(14-11-17)22(31)18-7-4-12-29(15-18)23(32)20-9-3-6-16-5-1-2-8-19(16)20/h1-3,5-6,8-9,17-18,21,30H,4,7,10-15H2/t18-,21+/m1/s1. The fourth-order valence-electron chi connectivity index (χ4n) is 4.91. The average molecular weight is 448 g/mol. The third-order valence-corrected chi connectivity index (χ3v) is 6.71. The molecule has 4 rings (SSSR count). The van der Waals surface area contributed by atoms with Crippen molar-refractivity contribution >= 4 is 22.6 Å². The van der Waals surface area contributed by atoms with Gasteiger partial charge in [-0.15, -0.1) is 0 Å². The van der Waals surface area contributed by atoms with Gasteiger partial charge in [0, 0.05) is 31.7 Å². The minimum absolute atomic E-state index is 0.105. The van der Waals surface area contributed by atoms with E-state index in [-0.39, 0.29) is 43.7 Å². The van der Waals surface area contributed by atoms with Crippen molar-refractivity contribution in [3.05, 3.63) is 48.0 Å². The third kappa shape index (κ3) is 4.60. The number of alkyl halides is 3. The molecule has 2 aromatic carbocycles. The molecule has 0 aromatic heterocycles. The maximum Gasteiger partial charge on any atom is 0.414 e. The molecule has 32 heavy (non-hydrogen) atoms. The number of aliphatic hydroxyl groups excluding tert-OH is 1. The summed E-state index contributed by atoms with van der Waals surface area (Å²) in [5, 5.41) is 11.3. The Hall–Kier alpha value is -2.61. The Morgan fingerprint density at radius 2 is 1.62 bits per heavy atom. The molecule has 2 heterocycles. The Labute approximate surface area is 184 Å². The topological polar surface area (TPSA) is 60.9 Å². The molecule has 2 aromatic rings. The predicted molar refractivity (Wildman–Crippen MR) is 114 cm³/mol. The van der Waals surface area contributed by atoms with Crippen LogP contribution in [-0.4, -0.2) is 65.2 Å². The summed E-state index contributed by atoms with van der Waals surface area (Å²) in [7, 11) is 0. The minimum Gasteiger partial charge on any atom is -0.383 e. The first-order valence-corrected chi connectivity index (χ1v) is 11.1. The lowest BCUT2D eigenvalue weighted by molar-refractivity contribution is -0.223. The number of aliphatic hydroxyl groups is 1. The number of nitrogens with zero attached hydrogens (tertiary/aromatic N) is 2. The molecule has 8 heteroatoms. The summed E-state index contributed by atoms with van der Waals surface area (Å²) >= 11 is 0. The summed E-state index contributed by atoms with van der Waals surface area (Å²) in [4.78, 5) is 29.6. The van der Waals surface area contributed by atoms with Gasteiger partial charge in [-0.25, -0.2) is 0 Å². The SMILES string of the molecule is O=C(c1cccc2ccccc12)N1CCC[C@@H](C(=O)N2CCC([C@H](O)C(F)(F)F)CC2)C1. The molecule has 5 nitrogen and oxygen atoms in total. The molecule has 172 valence electrons. The molecule has 0 unspecified atom stereocenters. The van der Waals surface area contributed by atoms with Gasteiger partial charge in [0.05, 0.1) is 5.92 Å². The van der Waals surface area contributed by atoms with Gasteiger partial charge in [0.25, 0.3) is 5.91 Å². The van der Waals surface area contributed by atoms with Crippen LogP contribution in [-0.2, 0) is 4.79 Å². The van der Waals surface area contributed by atoms with E-state index in [1.54, 1.807) is 15.9 Å². The number of hydrogen-bond donors (Lipinski definition) is 1. The minimum atomic E-state index is -4.64. The molecule has 2 aliphatic heterocycles. The van der Waals surface area contributed by atoms with Gasteiger partial charge in [-0.05, 0) is 48.4 Å². The highest BCUT2D eigenvalue weighted by Crippen LogP contribution is 2.32. The van der Waals surface area contributed by atoms with Crippen molar-refractivity contribution in [1.29, 1.82) is 0 Å². The second-order valence-electron chi connectivity index (χ2n) is 8.77. The van der Waals surface area contributed by atoms with Crippen molar-refractivity contribution in [3.63, 3.8) is 0 Å². The number of likely N-dealkylation sites (tertiary alicyclic amines) is 2. The number of piperidine rings is 2. The summed E-state index contributed by atoms with van der Waals surface area (Å²) in [5.41, 5.74) is 0.609. The zero-order valence-electron chi connectivity index (χ0n) is 17.7. The molecular weight excluding hydrogens is 421 g/mol. The van der Waals surface area contributed by atoms with E-state index >= 15 is 0 Å². The molecule has 0 spiro atoms. The first-order valence-electron chi connectivity index (χ1n) is 11.1. The van der Waals surface area contributed by atoms with E-state index in [1.807, 2.05) is 36.4 Å². The van der Waals surface area contributed by atoms with Crippen LogP contribution in [0.5, 0.6) is 0 Å². The van der Waals surface area contributed by atoms with Gasteiger partial charge >= 0.3 is 6.18 Å². The molecule has 2 fully saturated rings. The second kappa shape index (κ2) is 9.10. The number of halogens is 3. The van der Waals surface area contributed by atoms with E-state index in [2.05, 4.69) is 0 Å². The van der Waals surface area contributed by atoms with Gasteiger partial charge in [-0.3, -0.25) is 9.59 Å². The number of amides is 2. The lowest BCUT2D eigenvalue weighted by atomic mass is 9.89. The first-order chi connectivity index (χ1) is 15.3. The Bertz CT molecular complexity index is 981. The van der Waals surface area contributed by atoms with E-state index in [0.717, 1.165) is 10.8 Å². The summed E-state index contributed by atoms with van der Waals surface area (Å²) in [6.07, 6.45) is -5.37. The number of carbonyl (C=O) groups excluding carboxylic acids is 2. The summed E-state index contributed by atoms with van der Waals surface area (Å²) in [6, 6.07) is 13.3. The van der Waals surface area contributed by atoms with Crippen molar-refractivity contribution in [2.45, 2.75) is 38.0 Å². The van der Waals surface area contributed by atoms with Gasteiger partial charge in [-0.1, -0.05) is 36.4 Å². The predicted octanol–water partition coefficient (Wildman–Crippen LogP) is 3.85. The molecule has 2 saturated heterocycles. The Morgan fingerprint density at radius 3 is 2.34 bits per heavy atom. The zero-order chi connectivity index (χ0) is 22.9. The Kier molecular flexibility index (Phi) is 6.42. The van der Waals surface area contributed by atoms with Crippen LogP contribution in [0.25, 0.3) is 10.8 Å². The third-order valence-electron chi connectivity index (χ3n) is 6.71. The molecular formula is C24H27F3N2O3. The second-order valence-corrected chi connectivity index (χ2v) is 8.77. The first kappa shape index (κ1) is 22.6. The van der Waals surface area contributed by atoms with E-state index in [0.29, 0.717) is 31.5 Å². The average Bonchev–Trinajstić information content (AvgIpc) is 2.82. The van der Waals surface area contributed by atoms with Gasteiger partial charge in [-0.2, -0.15) is 13.2 Å². The highest BCUT2D eigenvalue weighted by atomic mass is 19.4. The van der Waals surface area contributed by atoms with Gasteiger partial charge in [0.1, 0.15) is 0 Å². The maximum absolute atomic E-state index is 13.2. The van der Waals surface area contributed by atoms with Gasteiger partial charge in [0.2, 0.25) is 5.91 Å². The highest BCUT2D eigenvalue weighted by molar-refractivity contribution is 6.07. The van der Waals surface area contributed by atoms with E-state index in [1.165, 1.54) is 0 Å². The Morgan fingerprint density at radius 1 is 0.938 bits per heavy atom. The monoisotopic (exact) mass is 448 g/mol. The van der Waals surface area contributed by atoms with E-state index in [4.69, 9.17) is 0 Å². The molecule has 2 amide bonds. The number of carbonyl (C=O) groups is 2. The van der Waals surface area contributed by atoms with E-state index in [9.17, 15) is 27.9 Å². The normalized spacial score (nSPS) is 21.6.